The summed E-state index contributed by atoms with van der Waals surface area (Å²) >= 11 is 0. The molecule has 1 aromatic rings. The van der Waals surface area contributed by atoms with Gasteiger partial charge in [-0.3, -0.25) is 9.69 Å². The van der Waals surface area contributed by atoms with Gasteiger partial charge in [0, 0.05) is 6.04 Å². The van der Waals surface area contributed by atoms with Gasteiger partial charge in [0.2, 0.25) is 0 Å². The van der Waals surface area contributed by atoms with Crippen molar-refractivity contribution in [3.8, 4) is 0 Å². The van der Waals surface area contributed by atoms with Gasteiger partial charge in [-0.1, -0.05) is 52.0 Å². The van der Waals surface area contributed by atoms with Crippen molar-refractivity contribution >= 4 is 18.4 Å². The number of hydrogen-bond acceptors (Lipinski definition) is 2. The van der Waals surface area contributed by atoms with Gasteiger partial charge in [-0.2, -0.15) is 0 Å². The van der Waals surface area contributed by atoms with E-state index in [2.05, 4.69) is 44.7 Å². The first kappa shape index (κ1) is 21.9. The Hall–Kier alpha value is -1.06. The number of nitrogens with zero attached hydrogens (tertiary/aromatic N) is 1. The summed E-state index contributed by atoms with van der Waals surface area (Å²) in [7, 11) is 0. The molecule has 132 valence electrons. The summed E-state index contributed by atoms with van der Waals surface area (Å²) in [4.78, 5) is 14.2. The smallest absolute Gasteiger partial charge is 0.315 e. The molecule has 0 fully saturated rings. The fourth-order valence-corrected chi connectivity index (χ4v) is 3.14. The average molecular weight is 342 g/mol. The van der Waals surface area contributed by atoms with Crippen molar-refractivity contribution in [2.75, 3.05) is 13.1 Å². The number of carboxylic acid groups (broad SMARTS) is 1. The molecule has 1 N–H and O–H groups in total. The number of carbonyl (C=O) groups is 1. The Labute approximate surface area is 147 Å². The van der Waals surface area contributed by atoms with Crippen molar-refractivity contribution < 1.29 is 9.90 Å². The Kier molecular flexibility index (Phi) is 8.86. The van der Waals surface area contributed by atoms with Gasteiger partial charge in [0.25, 0.3) is 0 Å². The van der Waals surface area contributed by atoms with E-state index >= 15 is 0 Å². The van der Waals surface area contributed by atoms with Gasteiger partial charge in [-0.05, 0) is 50.4 Å². The molecule has 1 aromatic carbocycles. The zero-order valence-electron chi connectivity index (χ0n) is 15.3. The van der Waals surface area contributed by atoms with Crippen LogP contribution in [0.2, 0.25) is 0 Å². The van der Waals surface area contributed by atoms with Crippen molar-refractivity contribution in [1.82, 2.24) is 4.90 Å². The lowest BCUT2D eigenvalue weighted by Crippen LogP contribution is -2.51. The van der Waals surface area contributed by atoms with Crippen LogP contribution in [-0.4, -0.2) is 35.1 Å². The lowest BCUT2D eigenvalue weighted by molar-refractivity contribution is -0.145. The Balaban J connectivity index is 0.00000484. The SMILES string of the molecule is CCN(CC)C(C)C(C)(C(=O)O)c1ccc(CC(C)C)cc1.Cl. The van der Waals surface area contributed by atoms with Crippen molar-refractivity contribution in [3.05, 3.63) is 35.4 Å². The van der Waals surface area contributed by atoms with E-state index in [1.807, 2.05) is 26.0 Å². The molecule has 0 heterocycles. The minimum Gasteiger partial charge on any atom is -0.481 e. The Morgan fingerprint density at radius 2 is 1.61 bits per heavy atom. The first-order valence-corrected chi connectivity index (χ1v) is 8.34. The van der Waals surface area contributed by atoms with Gasteiger partial charge >= 0.3 is 5.97 Å². The summed E-state index contributed by atoms with van der Waals surface area (Å²) < 4.78 is 0. The Morgan fingerprint density at radius 1 is 1.13 bits per heavy atom. The molecule has 0 spiro atoms. The molecule has 23 heavy (non-hydrogen) atoms. The number of rotatable bonds is 8. The van der Waals surface area contributed by atoms with Crippen LogP contribution in [0.1, 0.15) is 52.7 Å². The predicted molar refractivity (Wildman–Crippen MR) is 99.6 cm³/mol. The third-order valence-corrected chi connectivity index (χ3v) is 4.84. The molecule has 0 aliphatic carbocycles. The number of carboxylic acids is 1. The Bertz CT molecular complexity index is 483. The summed E-state index contributed by atoms with van der Waals surface area (Å²) in [5, 5.41) is 9.88. The maximum Gasteiger partial charge on any atom is 0.315 e. The van der Waals surface area contributed by atoms with E-state index in [9.17, 15) is 9.90 Å². The number of hydrogen-bond donors (Lipinski definition) is 1. The summed E-state index contributed by atoms with van der Waals surface area (Å²) in [5.74, 6) is -0.158. The molecule has 0 saturated carbocycles. The number of aliphatic carboxylic acids is 1. The zero-order valence-corrected chi connectivity index (χ0v) is 16.1. The average Bonchev–Trinajstić information content (AvgIpc) is 2.47. The van der Waals surface area contributed by atoms with Crippen LogP contribution in [0.25, 0.3) is 0 Å². The van der Waals surface area contributed by atoms with E-state index in [4.69, 9.17) is 0 Å². The fourth-order valence-electron chi connectivity index (χ4n) is 3.14. The fraction of sp³-hybridized carbons (Fsp3) is 0.632. The number of likely N-dealkylation sites (N-methyl/N-ethyl adjacent to an activating group) is 1. The normalized spacial score (nSPS) is 15.1. The van der Waals surface area contributed by atoms with Crippen LogP contribution in [-0.2, 0) is 16.6 Å². The van der Waals surface area contributed by atoms with Gasteiger partial charge in [0.1, 0.15) is 5.41 Å². The molecule has 0 aliphatic rings. The van der Waals surface area contributed by atoms with Crippen LogP contribution in [0.5, 0.6) is 0 Å². The highest BCUT2D eigenvalue weighted by Crippen LogP contribution is 2.31. The molecule has 3 nitrogen and oxygen atoms in total. The summed E-state index contributed by atoms with van der Waals surface area (Å²) in [6, 6.07) is 8.07. The lowest BCUT2D eigenvalue weighted by atomic mass is 9.75. The molecular formula is C19H32ClNO2. The van der Waals surface area contributed by atoms with Crippen molar-refractivity contribution in [2.24, 2.45) is 5.92 Å². The van der Waals surface area contributed by atoms with Gasteiger partial charge in [0.05, 0.1) is 0 Å². The molecule has 0 aliphatic heterocycles. The third kappa shape index (κ3) is 4.95. The highest BCUT2D eigenvalue weighted by Gasteiger charge is 2.42. The first-order valence-electron chi connectivity index (χ1n) is 8.34. The molecule has 1 rings (SSSR count). The molecule has 0 radical (unpaired) electrons. The monoisotopic (exact) mass is 341 g/mol. The number of halogens is 1. The summed E-state index contributed by atoms with van der Waals surface area (Å²) in [6.45, 7) is 14.1. The quantitative estimate of drug-likeness (QED) is 0.762. The minimum atomic E-state index is -0.900. The molecule has 0 amide bonds. The Morgan fingerprint density at radius 3 is 1.96 bits per heavy atom. The highest BCUT2D eigenvalue weighted by molar-refractivity contribution is 5.85. The predicted octanol–water partition coefficient (Wildman–Crippen LogP) is 4.38. The molecule has 0 bridgehead atoms. The van der Waals surface area contributed by atoms with Gasteiger partial charge in [0.15, 0.2) is 0 Å². The largest absolute Gasteiger partial charge is 0.481 e. The highest BCUT2D eigenvalue weighted by atomic mass is 35.5. The maximum atomic E-state index is 12.0. The molecule has 0 saturated heterocycles. The maximum absolute atomic E-state index is 12.0. The van der Waals surface area contributed by atoms with E-state index in [1.165, 1.54) is 5.56 Å². The standard InChI is InChI=1S/C19H31NO2.ClH/c1-7-20(8-2)15(5)19(6,18(21)22)17-11-9-16(10-12-17)13-14(3)4;/h9-12,14-15H,7-8,13H2,1-6H3,(H,21,22);1H. The second kappa shape index (κ2) is 9.29. The number of benzene rings is 1. The van der Waals surface area contributed by atoms with Crippen LogP contribution < -0.4 is 0 Å². The second-order valence-corrected chi connectivity index (χ2v) is 6.70. The molecule has 2 unspecified atom stereocenters. The van der Waals surface area contributed by atoms with Gasteiger partial charge in [-0.25, -0.2) is 0 Å². The molecule has 4 heteroatoms. The van der Waals surface area contributed by atoms with Crippen LogP contribution in [0.4, 0.5) is 0 Å². The summed E-state index contributed by atoms with van der Waals surface area (Å²) in [5.41, 5.74) is 1.25. The van der Waals surface area contributed by atoms with Crippen LogP contribution in [0.15, 0.2) is 24.3 Å². The van der Waals surface area contributed by atoms with E-state index in [-0.39, 0.29) is 18.4 Å². The van der Waals surface area contributed by atoms with Gasteiger partial charge in [-0.15, -0.1) is 12.4 Å². The van der Waals surface area contributed by atoms with E-state index in [0.29, 0.717) is 5.92 Å². The van der Waals surface area contributed by atoms with E-state index in [0.717, 1.165) is 25.1 Å². The summed E-state index contributed by atoms with van der Waals surface area (Å²) in [6.07, 6.45) is 1.02. The van der Waals surface area contributed by atoms with Crippen molar-refractivity contribution in [1.29, 1.82) is 0 Å². The minimum absolute atomic E-state index is 0. The van der Waals surface area contributed by atoms with E-state index in [1.54, 1.807) is 0 Å². The van der Waals surface area contributed by atoms with E-state index < -0.39 is 11.4 Å². The van der Waals surface area contributed by atoms with Crippen LogP contribution in [0, 0.1) is 5.92 Å². The van der Waals surface area contributed by atoms with Crippen molar-refractivity contribution in [3.63, 3.8) is 0 Å². The molecule has 0 aromatic heterocycles. The van der Waals surface area contributed by atoms with Crippen LogP contribution >= 0.6 is 12.4 Å². The van der Waals surface area contributed by atoms with Crippen LogP contribution in [0.3, 0.4) is 0 Å². The second-order valence-electron chi connectivity index (χ2n) is 6.70. The molecule has 2 atom stereocenters. The topological polar surface area (TPSA) is 40.5 Å². The zero-order chi connectivity index (χ0) is 16.9. The first-order chi connectivity index (χ1) is 10.3. The lowest BCUT2D eigenvalue weighted by Gasteiger charge is -2.39. The van der Waals surface area contributed by atoms with Crippen molar-refractivity contribution in [2.45, 2.75) is 59.4 Å². The third-order valence-electron chi connectivity index (χ3n) is 4.84. The van der Waals surface area contributed by atoms with Gasteiger partial charge < -0.3 is 5.11 Å². The molecular weight excluding hydrogens is 310 g/mol.